The van der Waals surface area contributed by atoms with E-state index in [-0.39, 0.29) is 12.0 Å². The van der Waals surface area contributed by atoms with E-state index in [0.29, 0.717) is 23.3 Å². The average molecular weight is 428 g/mol. The average Bonchev–Trinajstić information content (AvgIpc) is 3.66. The molecule has 32 heavy (non-hydrogen) atoms. The molecule has 2 aromatic rings. The summed E-state index contributed by atoms with van der Waals surface area (Å²) in [5.74, 6) is 2.51. The van der Waals surface area contributed by atoms with Crippen LogP contribution in [0.2, 0.25) is 0 Å². The molecule has 0 N–H and O–H groups in total. The van der Waals surface area contributed by atoms with Crippen LogP contribution in [0.25, 0.3) is 11.1 Å². The minimum atomic E-state index is 0.261. The number of amides is 1. The third kappa shape index (κ3) is 3.64. The fraction of sp³-hybridized carbons (Fsp3) is 0.538. The van der Waals surface area contributed by atoms with Crippen LogP contribution in [0.1, 0.15) is 61.4 Å². The molecule has 0 radical (unpaired) electrons. The first-order valence-corrected chi connectivity index (χ1v) is 12.1. The van der Waals surface area contributed by atoms with Crippen molar-refractivity contribution in [1.29, 1.82) is 5.26 Å². The summed E-state index contributed by atoms with van der Waals surface area (Å²) in [6, 6.07) is 8.82. The number of hydrogen-bond acceptors (Lipinski definition) is 5. The van der Waals surface area contributed by atoms with Crippen molar-refractivity contribution in [3.05, 3.63) is 41.3 Å². The lowest BCUT2D eigenvalue weighted by molar-refractivity contribution is -0.135. The van der Waals surface area contributed by atoms with Gasteiger partial charge in [-0.1, -0.05) is 0 Å². The van der Waals surface area contributed by atoms with Crippen LogP contribution in [0.3, 0.4) is 0 Å². The second-order valence-electron chi connectivity index (χ2n) is 10.0. The maximum Gasteiger partial charge on any atom is 0.226 e. The van der Waals surface area contributed by atoms with Crippen molar-refractivity contribution in [3.8, 4) is 17.2 Å². The molecule has 0 unspecified atom stereocenters. The molecule has 4 fully saturated rings. The smallest absolute Gasteiger partial charge is 0.226 e. The number of piperazine rings is 1. The Morgan fingerprint density at radius 3 is 2.59 bits per heavy atom. The van der Waals surface area contributed by atoms with Crippen molar-refractivity contribution in [2.75, 3.05) is 24.5 Å². The fourth-order valence-electron chi connectivity index (χ4n) is 5.18. The van der Waals surface area contributed by atoms with Crippen molar-refractivity contribution in [3.63, 3.8) is 0 Å². The Kier molecular flexibility index (Phi) is 4.67. The van der Waals surface area contributed by atoms with Crippen molar-refractivity contribution in [2.24, 2.45) is 11.8 Å². The van der Waals surface area contributed by atoms with Gasteiger partial charge in [-0.15, -0.1) is 0 Å². The lowest BCUT2D eigenvalue weighted by Gasteiger charge is -2.43. The molecule has 1 atom stereocenters. The molecule has 0 aromatic carbocycles. The summed E-state index contributed by atoms with van der Waals surface area (Å²) in [5.41, 5.74) is 4.88. The van der Waals surface area contributed by atoms with Crippen LogP contribution in [-0.4, -0.2) is 46.5 Å². The molecule has 1 saturated heterocycles. The van der Waals surface area contributed by atoms with E-state index in [1.165, 1.54) is 12.8 Å². The third-order valence-corrected chi connectivity index (χ3v) is 7.42. The minimum absolute atomic E-state index is 0.261. The quantitative estimate of drug-likeness (QED) is 0.720. The number of hydrogen-bond donors (Lipinski definition) is 0. The predicted molar refractivity (Wildman–Crippen MR) is 122 cm³/mol. The van der Waals surface area contributed by atoms with Crippen molar-refractivity contribution < 1.29 is 4.79 Å². The number of rotatable bonds is 5. The SMILES string of the molecule is Cc1cc(-c2cc(C#N)c(N3CCN(C(=O)C4CC4)[C@H](C4CC4)C3)nc2C2CC2)ccn1. The number of anilines is 1. The Balaban J connectivity index is 1.35. The molecular weight excluding hydrogens is 398 g/mol. The van der Waals surface area contributed by atoms with Gasteiger partial charge in [0.1, 0.15) is 11.9 Å². The number of nitriles is 1. The Labute approximate surface area is 189 Å². The summed E-state index contributed by atoms with van der Waals surface area (Å²) in [7, 11) is 0. The number of pyridine rings is 2. The van der Waals surface area contributed by atoms with Crippen LogP contribution in [0, 0.1) is 30.1 Å². The Bertz CT molecular complexity index is 1110. The van der Waals surface area contributed by atoms with E-state index in [4.69, 9.17) is 4.98 Å². The first-order valence-electron chi connectivity index (χ1n) is 12.1. The van der Waals surface area contributed by atoms with E-state index in [9.17, 15) is 10.1 Å². The first-order chi connectivity index (χ1) is 15.6. The van der Waals surface area contributed by atoms with Gasteiger partial charge >= 0.3 is 0 Å². The normalized spacial score (nSPS) is 23.2. The van der Waals surface area contributed by atoms with Crippen LogP contribution in [0.4, 0.5) is 5.82 Å². The molecule has 0 spiro atoms. The van der Waals surface area contributed by atoms with Gasteiger partial charge in [-0.3, -0.25) is 9.78 Å². The number of carbonyl (C=O) groups excluding carboxylic acids is 1. The molecule has 2 aromatic heterocycles. The van der Waals surface area contributed by atoms with E-state index < -0.39 is 0 Å². The van der Waals surface area contributed by atoms with E-state index in [2.05, 4.69) is 26.9 Å². The fourth-order valence-corrected chi connectivity index (χ4v) is 5.18. The van der Waals surface area contributed by atoms with Gasteiger partial charge in [0, 0.05) is 48.9 Å². The van der Waals surface area contributed by atoms with Gasteiger partial charge in [0.15, 0.2) is 0 Å². The van der Waals surface area contributed by atoms with Gasteiger partial charge in [0.25, 0.3) is 0 Å². The Hall–Kier alpha value is -2.94. The molecule has 4 aliphatic rings. The Morgan fingerprint density at radius 1 is 1.12 bits per heavy atom. The molecule has 164 valence electrons. The third-order valence-electron chi connectivity index (χ3n) is 7.42. The molecule has 6 heteroatoms. The number of carbonyl (C=O) groups is 1. The predicted octanol–water partition coefficient (Wildman–Crippen LogP) is 4.04. The summed E-state index contributed by atoms with van der Waals surface area (Å²) in [6.07, 6.45) is 8.66. The summed E-state index contributed by atoms with van der Waals surface area (Å²) >= 11 is 0. The number of aryl methyl sites for hydroxylation is 1. The van der Waals surface area contributed by atoms with Gasteiger partial charge in [-0.25, -0.2) is 4.98 Å². The molecule has 3 heterocycles. The number of aromatic nitrogens is 2. The summed E-state index contributed by atoms with van der Waals surface area (Å²) in [4.78, 5) is 26.8. The van der Waals surface area contributed by atoms with Gasteiger partial charge in [0.2, 0.25) is 5.91 Å². The molecule has 6 nitrogen and oxygen atoms in total. The maximum absolute atomic E-state index is 12.9. The lowest BCUT2D eigenvalue weighted by atomic mass is 9.99. The highest BCUT2D eigenvalue weighted by molar-refractivity contribution is 5.82. The maximum atomic E-state index is 12.9. The van der Waals surface area contributed by atoms with Crippen LogP contribution < -0.4 is 4.90 Å². The zero-order valence-corrected chi connectivity index (χ0v) is 18.6. The van der Waals surface area contributed by atoms with Crippen molar-refractivity contribution >= 4 is 11.7 Å². The van der Waals surface area contributed by atoms with Crippen LogP contribution in [0.5, 0.6) is 0 Å². The zero-order valence-electron chi connectivity index (χ0n) is 18.6. The standard InChI is InChI=1S/C26H29N5O/c1-16-12-20(8-9-28-16)22-13-21(14-27)25(29-24(22)18-4-5-18)30-10-11-31(26(32)19-6-7-19)23(15-30)17-2-3-17/h8-9,12-13,17-19,23H,2-7,10-11,15H2,1H3/t23-/m0/s1. The Morgan fingerprint density at radius 2 is 1.94 bits per heavy atom. The number of nitrogens with zero attached hydrogens (tertiary/aromatic N) is 5. The molecule has 3 saturated carbocycles. The molecule has 3 aliphatic carbocycles. The molecule has 0 bridgehead atoms. The monoisotopic (exact) mass is 427 g/mol. The van der Waals surface area contributed by atoms with Gasteiger partial charge < -0.3 is 9.80 Å². The second-order valence-corrected chi connectivity index (χ2v) is 10.0. The molecule has 1 amide bonds. The van der Waals surface area contributed by atoms with Gasteiger partial charge in [0.05, 0.1) is 17.3 Å². The van der Waals surface area contributed by atoms with Gasteiger partial charge in [-0.05, 0) is 75.1 Å². The van der Waals surface area contributed by atoms with Gasteiger partial charge in [-0.2, -0.15) is 5.26 Å². The molecule has 6 rings (SSSR count). The van der Waals surface area contributed by atoms with E-state index in [1.807, 2.05) is 25.3 Å². The lowest BCUT2D eigenvalue weighted by Crippen LogP contribution is -2.57. The topological polar surface area (TPSA) is 73.1 Å². The molecular formula is C26H29N5O. The summed E-state index contributed by atoms with van der Waals surface area (Å²) in [5, 5.41) is 10.0. The highest BCUT2D eigenvalue weighted by atomic mass is 16.2. The largest absolute Gasteiger partial charge is 0.352 e. The summed E-state index contributed by atoms with van der Waals surface area (Å²) < 4.78 is 0. The van der Waals surface area contributed by atoms with Crippen LogP contribution in [0.15, 0.2) is 24.4 Å². The second kappa shape index (κ2) is 7.58. The first kappa shape index (κ1) is 19.7. The highest BCUT2D eigenvalue weighted by Gasteiger charge is 2.45. The summed E-state index contributed by atoms with van der Waals surface area (Å²) in [6.45, 7) is 4.28. The van der Waals surface area contributed by atoms with E-state index in [1.54, 1.807) is 0 Å². The van der Waals surface area contributed by atoms with Crippen LogP contribution in [-0.2, 0) is 4.79 Å². The van der Waals surface area contributed by atoms with Crippen LogP contribution >= 0.6 is 0 Å². The van der Waals surface area contributed by atoms with Crippen molar-refractivity contribution in [1.82, 2.24) is 14.9 Å². The van der Waals surface area contributed by atoms with Crippen molar-refractivity contribution in [2.45, 2.75) is 57.4 Å². The highest BCUT2D eigenvalue weighted by Crippen LogP contribution is 2.46. The van der Waals surface area contributed by atoms with E-state index >= 15 is 0 Å². The van der Waals surface area contributed by atoms with E-state index in [0.717, 1.165) is 73.7 Å². The zero-order chi connectivity index (χ0) is 21.8. The minimum Gasteiger partial charge on any atom is -0.352 e. The molecule has 1 aliphatic heterocycles.